The van der Waals surface area contributed by atoms with Crippen molar-refractivity contribution >= 4 is 11.7 Å². The van der Waals surface area contributed by atoms with Crippen LogP contribution in [-0.4, -0.2) is 24.8 Å². The van der Waals surface area contributed by atoms with E-state index < -0.39 is 12.5 Å². The first-order valence-electron chi connectivity index (χ1n) is 5.87. The Balaban J connectivity index is 2.17. The van der Waals surface area contributed by atoms with E-state index >= 15 is 0 Å². The first-order chi connectivity index (χ1) is 9.99. The van der Waals surface area contributed by atoms with Gasteiger partial charge in [0.1, 0.15) is 5.76 Å². The van der Waals surface area contributed by atoms with E-state index in [2.05, 4.69) is 15.2 Å². The molecule has 0 saturated heterocycles. The fourth-order valence-electron chi connectivity index (χ4n) is 1.62. The van der Waals surface area contributed by atoms with Gasteiger partial charge in [-0.3, -0.25) is 4.79 Å². The Bertz CT molecular complexity index is 643. The molecule has 0 bridgehead atoms. The minimum atomic E-state index is -2.98. The van der Waals surface area contributed by atoms with Crippen LogP contribution < -0.4 is 14.8 Å². The van der Waals surface area contributed by atoms with Crippen molar-refractivity contribution < 1.29 is 27.6 Å². The third kappa shape index (κ3) is 3.68. The molecule has 0 aliphatic carbocycles. The summed E-state index contributed by atoms with van der Waals surface area (Å²) in [4.78, 5) is 12.0. The highest BCUT2D eigenvalue weighted by atomic mass is 19.3. The molecular weight excluding hydrogens is 286 g/mol. The minimum absolute atomic E-state index is 0.0271. The molecule has 1 heterocycles. The van der Waals surface area contributed by atoms with E-state index in [1.165, 1.54) is 25.3 Å². The molecule has 1 N–H and O–H groups in total. The Morgan fingerprint density at radius 2 is 2.10 bits per heavy atom. The summed E-state index contributed by atoms with van der Waals surface area (Å²) in [6.07, 6.45) is 0. The van der Waals surface area contributed by atoms with E-state index in [0.717, 1.165) is 0 Å². The molecule has 0 saturated carbocycles. The highest BCUT2D eigenvalue weighted by Gasteiger charge is 2.15. The number of methoxy groups -OCH3 is 1. The van der Waals surface area contributed by atoms with Crippen LogP contribution in [0, 0.1) is 6.92 Å². The molecular formula is C13H12F2N2O4. The van der Waals surface area contributed by atoms with Gasteiger partial charge in [0, 0.05) is 11.6 Å². The van der Waals surface area contributed by atoms with E-state index in [0.29, 0.717) is 5.76 Å². The highest BCUT2D eigenvalue weighted by molar-refractivity contribution is 6.04. The van der Waals surface area contributed by atoms with Gasteiger partial charge in [0.15, 0.2) is 17.3 Å². The lowest BCUT2D eigenvalue weighted by atomic mass is 10.2. The summed E-state index contributed by atoms with van der Waals surface area (Å²) >= 11 is 0. The number of carbonyl (C=O) groups excluding carboxylic acids is 1. The van der Waals surface area contributed by atoms with Gasteiger partial charge in [-0.2, -0.15) is 8.78 Å². The number of amides is 1. The number of nitrogens with zero attached hydrogens (tertiary/aromatic N) is 1. The van der Waals surface area contributed by atoms with Crippen LogP contribution in [0.5, 0.6) is 11.5 Å². The number of ether oxygens (including phenoxy) is 2. The first kappa shape index (κ1) is 14.8. The number of alkyl halides is 2. The number of carbonyl (C=O) groups is 1. The van der Waals surface area contributed by atoms with Gasteiger partial charge < -0.3 is 19.3 Å². The van der Waals surface area contributed by atoms with Crippen LogP contribution in [-0.2, 0) is 0 Å². The molecule has 0 aliphatic rings. The number of rotatable bonds is 5. The molecule has 1 amide bonds. The van der Waals surface area contributed by atoms with Crippen molar-refractivity contribution in [3.8, 4) is 11.5 Å². The zero-order chi connectivity index (χ0) is 15.4. The zero-order valence-electron chi connectivity index (χ0n) is 11.2. The fourth-order valence-corrected chi connectivity index (χ4v) is 1.62. The Labute approximate surface area is 118 Å². The number of halogens is 2. The predicted molar refractivity (Wildman–Crippen MR) is 68.8 cm³/mol. The number of nitrogens with one attached hydrogen (secondary N) is 1. The van der Waals surface area contributed by atoms with Gasteiger partial charge in [-0.15, -0.1) is 0 Å². The van der Waals surface area contributed by atoms with Crippen LogP contribution in [0.25, 0.3) is 0 Å². The van der Waals surface area contributed by atoms with E-state index in [4.69, 9.17) is 9.26 Å². The fraction of sp³-hybridized carbons (Fsp3) is 0.231. The standard InChI is InChI=1S/C13H12F2N2O4/c1-7-5-11(17-21-7)16-12(18)8-3-4-9(20-13(14)15)10(6-8)19-2/h3-6,13H,1-2H3,(H,16,17,18). The highest BCUT2D eigenvalue weighted by Crippen LogP contribution is 2.29. The molecule has 2 rings (SSSR count). The molecule has 0 atom stereocenters. The van der Waals surface area contributed by atoms with E-state index in [1.807, 2.05) is 0 Å². The zero-order valence-corrected chi connectivity index (χ0v) is 11.2. The molecule has 21 heavy (non-hydrogen) atoms. The number of aromatic nitrogens is 1. The molecule has 112 valence electrons. The topological polar surface area (TPSA) is 73.6 Å². The molecule has 1 aromatic carbocycles. The van der Waals surface area contributed by atoms with Crippen molar-refractivity contribution in [3.63, 3.8) is 0 Å². The Kier molecular flexibility index (Phi) is 4.36. The predicted octanol–water partition coefficient (Wildman–Crippen LogP) is 2.85. The first-order valence-corrected chi connectivity index (χ1v) is 5.87. The van der Waals surface area contributed by atoms with Crippen LogP contribution in [0.2, 0.25) is 0 Å². The van der Waals surface area contributed by atoms with Crippen molar-refractivity contribution in [2.24, 2.45) is 0 Å². The number of hydrogen-bond donors (Lipinski definition) is 1. The van der Waals surface area contributed by atoms with Gasteiger partial charge in [-0.25, -0.2) is 0 Å². The molecule has 6 nitrogen and oxygen atoms in total. The van der Waals surface area contributed by atoms with Crippen LogP contribution in [0.15, 0.2) is 28.8 Å². The van der Waals surface area contributed by atoms with Gasteiger partial charge in [-0.1, -0.05) is 5.16 Å². The lowest BCUT2D eigenvalue weighted by molar-refractivity contribution is -0.0512. The van der Waals surface area contributed by atoms with Gasteiger partial charge in [0.2, 0.25) is 0 Å². The molecule has 0 fully saturated rings. The second kappa shape index (κ2) is 6.21. The normalized spacial score (nSPS) is 10.5. The minimum Gasteiger partial charge on any atom is -0.493 e. The number of hydrogen-bond acceptors (Lipinski definition) is 5. The third-order valence-electron chi connectivity index (χ3n) is 2.51. The molecule has 0 spiro atoms. The summed E-state index contributed by atoms with van der Waals surface area (Å²) in [7, 11) is 1.29. The average molecular weight is 298 g/mol. The number of anilines is 1. The smallest absolute Gasteiger partial charge is 0.387 e. The molecule has 0 radical (unpaired) electrons. The monoisotopic (exact) mass is 298 g/mol. The average Bonchev–Trinajstić information content (AvgIpc) is 2.83. The van der Waals surface area contributed by atoms with Crippen LogP contribution in [0.3, 0.4) is 0 Å². The van der Waals surface area contributed by atoms with Gasteiger partial charge in [0.25, 0.3) is 5.91 Å². The second-order valence-electron chi connectivity index (χ2n) is 4.02. The maximum atomic E-state index is 12.2. The van der Waals surface area contributed by atoms with Crippen molar-refractivity contribution in [3.05, 3.63) is 35.6 Å². The van der Waals surface area contributed by atoms with Crippen molar-refractivity contribution in [2.75, 3.05) is 12.4 Å². The maximum absolute atomic E-state index is 12.2. The lowest BCUT2D eigenvalue weighted by Gasteiger charge is -2.11. The Hall–Kier alpha value is -2.64. The van der Waals surface area contributed by atoms with Gasteiger partial charge in [0.05, 0.1) is 7.11 Å². The van der Waals surface area contributed by atoms with Gasteiger partial charge in [-0.05, 0) is 25.1 Å². The quantitative estimate of drug-likeness (QED) is 0.918. The van der Waals surface area contributed by atoms with E-state index in [-0.39, 0.29) is 22.9 Å². The molecule has 0 aliphatic heterocycles. The summed E-state index contributed by atoms with van der Waals surface area (Å²) in [6.45, 7) is -1.29. The summed E-state index contributed by atoms with van der Waals surface area (Å²) in [5.74, 6) is 0.193. The molecule has 0 unspecified atom stereocenters. The Morgan fingerprint density at radius 3 is 2.67 bits per heavy atom. The number of benzene rings is 1. The lowest BCUT2D eigenvalue weighted by Crippen LogP contribution is -2.12. The van der Waals surface area contributed by atoms with Crippen molar-refractivity contribution in [1.82, 2.24) is 5.16 Å². The third-order valence-corrected chi connectivity index (χ3v) is 2.51. The second-order valence-corrected chi connectivity index (χ2v) is 4.02. The van der Waals surface area contributed by atoms with Gasteiger partial charge >= 0.3 is 6.61 Å². The summed E-state index contributed by atoms with van der Waals surface area (Å²) < 4.78 is 38.4. The SMILES string of the molecule is COc1cc(C(=O)Nc2cc(C)on2)ccc1OC(F)F. The largest absolute Gasteiger partial charge is 0.493 e. The summed E-state index contributed by atoms with van der Waals surface area (Å²) in [5, 5.41) is 6.12. The van der Waals surface area contributed by atoms with E-state index in [9.17, 15) is 13.6 Å². The number of aryl methyl sites for hydroxylation is 1. The molecule has 1 aromatic heterocycles. The molecule has 8 heteroatoms. The van der Waals surface area contributed by atoms with Crippen LogP contribution in [0.1, 0.15) is 16.1 Å². The Morgan fingerprint density at radius 1 is 1.33 bits per heavy atom. The van der Waals surface area contributed by atoms with Crippen LogP contribution >= 0.6 is 0 Å². The molecule has 2 aromatic rings. The van der Waals surface area contributed by atoms with Crippen molar-refractivity contribution in [1.29, 1.82) is 0 Å². The summed E-state index contributed by atoms with van der Waals surface area (Å²) in [5.41, 5.74) is 0.203. The maximum Gasteiger partial charge on any atom is 0.387 e. The van der Waals surface area contributed by atoms with Crippen molar-refractivity contribution in [2.45, 2.75) is 13.5 Å². The van der Waals surface area contributed by atoms with Crippen LogP contribution in [0.4, 0.5) is 14.6 Å². The van der Waals surface area contributed by atoms with E-state index in [1.54, 1.807) is 13.0 Å². The summed E-state index contributed by atoms with van der Waals surface area (Å²) in [6, 6.07) is 5.40.